The smallest absolute Gasteiger partial charge is 0.232 e. The third-order valence-corrected chi connectivity index (χ3v) is 5.40. The molecule has 1 aliphatic heterocycles. The van der Waals surface area contributed by atoms with Gasteiger partial charge in [0.25, 0.3) is 0 Å². The zero-order valence-electron chi connectivity index (χ0n) is 17.5. The molecule has 0 aliphatic carbocycles. The zero-order chi connectivity index (χ0) is 20.8. The molecule has 0 amide bonds. The van der Waals surface area contributed by atoms with Crippen molar-refractivity contribution in [2.75, 3.05) is 43.8 Å². The second-order valence-electron chi connectivity index (χ2n) is 7.78. The number of piperazine rings is 1. The molecule has 0 unspecified atom stereocenters. The summed E-state index contributed by atoms with van der Waals surface area (Å²) in [4.78, 5) is 18.0. The third kappa shape index (κ3) is 5.75. The summed E-state index contributed by atoms with van der Waals surface area (Å²) in [6.45, 7) is 7.96. The first-order valence-electron chi connectivity index (χ1n) is 10.5. The summed E-state index contributed by atoms with van der Waals surface area (Å²) >= 11 is 0. The Balaban J connectivity index is 1.29. The molecule has 1 aliphatic rings. The van der Waals surface area contributed by atoms with Crippen LogP contribution >= 0.6 is 0 Å². The molecule has 1 aromatic heterocycles. The van der Waals surface area contributed by atoms with E-state index in [0.717, 1.165) is 44.8 Å². The normalized spacial score (nSPS) is 15.2. The van der Waals surface area contributed by atoms with Gasteiger partial charge in [0.15, 0.2) is 0 Å². The van der Waals surface area contributed by atoms with Gasteiger partial charge in [-0.1, -0.05) is 48.0 Å². The Morgan fingerprint density at radius 2 is 1.57 bits per heavy atom. The first kappa shape index (κ1) is 20.3. The predicted octanol–water partition coefficient (Wildman–Crippen LogP) is 2.87. The van der Waals surface area contributed by atoms with E-state index in [1.807, 2.05) is 24.3 Å². The molecule has 4 rings (SSSR count). The van der Waals surface area contributed by atoms with Gasteiger partial charge in [0.2, 0.25) is 11.9 Å². The van der Waals surface area contributed by atoms with Crippen molar-refractivity contribution in [1.29, 1.82) is 0 Å². The molecule has 0 bridgehead atoms. The van der Waals surface area contributed by atoms with Gasteiger partial charge in [-0.25, -0.2) is 0 Å². The summed E-state index contributed by atoms with van der Waals surface area (Å²) in [5, 5.41) is 3.22. The van der Waals surface area contributed by atoms with Gasteiger partial charge in [-0.2, -0.15) is 15.0 Å². The molecule has 1 fully saturated rings. The van der Waals surface area contributed by atoms with Crippen molar-refractivity contribution >= 4 is 17.6 Å². The lowest BCUT2D eigenvalue weighted by atomic mass is 10.1. The highest BCUT2D eigenvalue weighted by molar-refractivity contribution is 5.54. The maximum atomic E-state index is 5.93. The second kappa shape index (κ2) is 9.65. The number of aryl methyl sites for hydroxylation is 1. The van der Waals surface area contributed by atoms with Crippen LogP contribution in [0.1, 0.15) is 17.0 Å². The van der Waals surface area contributed by atoms with Crippen LogP contribution in [0.5, 0.6) is 0 Å². The summed E-state index contributed by atoms with van der Waals surface area (Å²) in [6, 6.07) is 18.8. The van der Waals surface area contributed by atoms with E-state index in [1.165, 1.54) is 11.1 Å². The number of nitrogens with one attached hydrogen (secondary N) is 1. The maximum absolute atomic E-state index is 5.93. The topological polar surface area (TPSA) is 83.2 Å². The van der Waals surface area contributed by atoms with Crippen molar-refractivity contribution in [3.05, 3.63) is 71.5 Å². The Labute approximate surface area is 178 Å². The molecule has 2 heterocycles. The van der Waals surface area contributed by atoms with E-state index in [-0.39, 0.29) is 5.95 Å². The number of hydrogen-bond acceptors (Lipinski definition) is 7. The number of benzene rings is 2. The molecule has 1 saturated heterocycles. The molecule has 0 atom stereocenters. The number of nitrogens with zero attached hydrogens (tertiary/aromatic N) is 5. The van der Waals surface area contributed by atoms with E-state index in [9.17, 15) is 0 Å². The van der Waals surface area contributed by atoms with E-state index < -0.39 is 0 Å². The first-order chi connectivity index (χ1) is 14.6. The summed E-state index contributed by atoms with van der Waals surface area (Å²) in [6.07, 6.45) is 1.10. The van der Waals surface area contributed by atoms with E-state index in [1.54, 1.807) is 0 Å². The quantitative estimate of drug-likeness (QED) is 0.628. The van der Waals surface area contributed by atoms with Gasteiger partial charge in [0, 0.05) is 38.4 Å². The predicted molar refractivity (Wildman–Crippen MR) is 121 cm³/mol. The van der Waals surface area contributed by atoms with Crippen LogP contribution in [0.15, 0.2) is 54.6 Å². The van der Waals surface area contributed by atoms with Crippen molar-refractivity contribution in [2.24, 2.45) is 0 Å². The van der Waals surface area contributed by atoms with Gasteiger partial charge in [0.1, 0.15) is 5.82 Å². The molecule has 3 aromatic rings. The van der Waals surface area contributed by atoms with Crippen LogP contribution in [0.3, 0.4) is 0 Å². The van der Waals surface area contributed by atoms with Crippen LogP contribution in [0.4, 0.5) is 17.6 Å². The molecule has 156 valence electrons. The maximum Gasteiger partial charge on any atom is 0.232 e. The summed E-state index contributed by atoms with van der Waals surface area (Å²) in [5.41, 5.74) is 9.47. The van der Waals surface area contributed by atoms with Gasteiger partial charge in [0.05, 0.1) is 6.54 Å². The number of nitrogens with two attached hydrogens (primary N) is 1. The van der Waals surface area contributed by atoms with Crippen LogP contribution in [-0.4, -0.2) is 57.5 Å². The van der Waals surface area contributed by atoms with Gasteiger partial charge in [-0.05, 0) is 31.0 Å². The van der Waals surface area contributed by atoms with Crippen LogP contribution in [0.25, 0.3) is 0 Å². The fraction of sp³-hybridized carbons (Fsp3) is 0.348. The molecular weight excluding hydrogens is 374 g/mol. The van der Waals surface area contributed by atoms with Gasteiger partial charge in [-0.15, -0.1) is 0 Å². The van der Waals surface area contributed by atoms with Crippen molar-refractivity contribution in [2.45, 2.75) is 19.9 Å². The molecule has 3 N–H and O–H groups in total. The standard InChI is InChI=1S/C23H29N7/c1-18-7-9-20(10-8-18)25-23-27-21(26-22(24)28-23)17-30-15-13-29(14-16-30)12-11-19-5-3-2-4-6-19/h2-10H,11-17H2,1H3,(H3,24,25,26,27,28). The first-order valence-corrected chi connectivity index (χ1v) is 10.5. The number of nitrogen functional groups attached to an aromatic ring is 1. The number of hydrogen-bond donors (Lipinski definition) is 2. The SMILES string of the molecule is Cc1ccc(Nc2nc(N)nc(CN3CCN(CCc4ccccc4)CC3)n2)cc1. The molecule has 7 heteroatoms. The van der Waals surface area contributed by atoms with Crippen LogP contribution in [-0.2, 0) is 13.0 Å². The second-order valence-corrected chi connectivity index (χ2v) is 7.78. The average Bonchev–Trinajstić information content (AvgIpc) is 2.75. The van der Waals surface area contributed by atoms with Gasteiger partial charge >= 0.3 is 0 Å². The summed E-state index contributed by atoms with van der Waals surface area (Å²) < 4.78 is 0. The molecule has 0 saturated carbocycles. The van der Waals surface area contributed by atoms with E-state index in [4.69, 9.17) is 5.73 Å². The van der Waals surface area contributed by atoms with E-state index in [0.29, 0.717) is 18.3 Å². The lowest BCUT2D eigenvalue weighted by molar-refractivity contribution is 0.126. The minimum atomic E-state index is 0.246. The van der Waals surface area contributed by atoms with E-state index >= 15 is 0 Å². The highest BCUT2D eigenvalue weighted by atomic mass is 15.3. The van der Waals surface area contributed by atoms with Crippen molar-refractivity contribution in [3.8, 4) is 0 Å². The number of anilines is 3. The van der Waals surface area contributed by atoms with Gasteiger partial charge in [-0.3, -0.25) is 4.90 Å². The Kier molecular flexibility index (Phi) is 6.51. The lowest BCUT2D eigenvalue weighted by Crippen LogP contribution is -2.46. The minimum Gasteiger partial charge on any atom is -0.368 e. The molecule has 2 aromatic carbocycles. The Bertz CT molecular complexity index is 936. The molecule has 0 radical (unpaired) electrons. The van der Waals surface area contributed by atoms with Crippen LogP contribution < -0.4 is 11.1 Å². The average molecular weight is 404 g/mol. The summed E-state index contributed by atoms with van der Waals surface area (Å²) in [5.74, 6) is 1.44. The highest BCUT2D eigenvalue weighted by Crippen LogP contribution is 2.15. The molecule has 7 nitrogen and oxygen atoms in total. The van der Waals surface area contributed by atoms with Crippen molar-refractivity contribution < 1.29 is 0 Å². The minimum absolute atomic E-state index is 0.246. The molecule has 30 heavy (non-hydrogen) atoms. The number of rotatable bonds is 7. The molecular formula is C23H29N7. The van der Waals surface area contributed by atoms with E-state index in [2.05, 4.69) is 67.3 Å². The Morgan fingerprint density at radius 1 is 0.867 bits per heavy atom. The van der Waals surface area contributed by atoms with Crippen LogP contribution in [0, 0.1) is 6.92 Å². The summed E-state index contributed by atoms with van der Waals surface area (Å²) in [7, 11) is 0. The zero-order valence-corrected chi connectivity index (χ0v) is 17.5. The Hall–Kier alpha value is -3.03. The Morgan fingerprint density at radius 3 is 2.30 bits per heavy atom. The highest BCUT2D eigenvalue weighted by Gasteiger charge is 2.18. The van der Waals surface area contributed by atoms with Crippen molar-refractivity contribution in [1.82, 2.24) is 24.8 Å². The lowest BCUT2D eigenvalue weighted by Gasteiger charge is -2.34. The van der Waals surface area contributed by atoms with Crippen molar-refractivity contribution in [3.63, 3.8) is 0 Å². The third-order valence-electron chi connectivity index (χ3n) is 5.40. The fourth-order valence-electron chi connectivity index (χ4n) is 3.63. The van der Waals surface area contributed by atoms with Crippen LogP contribution in [0.2, 0.25) is 0 Å². The molecule has 0 spiro atoms. The fourth-order valence-corrected chi connectivity index (χ4v) is 3.63. The number of aromatic nitrogens is 3. The monoisotopic (exact) mass is 403 g/mol. The largest absolute Gasteiger partial charge is 0.368 e. The van der Waals surface area contributed by atoms with Gasteiger partial charge < -0.3 is 16.0 Å².